The van der Waals surface area contributed by atoms with Gasteiger partial charge in [-0.15, -0.1) is 0 Å². The topological polar surface area (TPSA) is 217 Å². The molecule has 2 aromatic rings. The lowest BCUT2D eigenvalue weighted by atomic mass is 9.90. The standard InChI is InChI=1S/C29H39NO13/c1-13(2)28(38)30-15-5-7-16(8-6-15)40-18-10-14(4-9-17(18)39-3)26-25(37)27(22(34)20(12-32)41-26)43-29-24(36)23(35)21(33)19(11-31)42-29/h4-10,13,19-27,29,31-37H,11-12H2,1-3H3,(H,30,38)/t19-,20-,21-,22-,23+,24+,25-,26?,27+,29-/m1/s1. The van der Waals surface area contributed by atoms with E-state index in [0.717, 1.165) is 0 Å². The van der Waals surface area contributed by atoms with Crippen LogP contribution in [0.5, 0.6) is 17.2 Å². The zero-order valence-electron chi connectivity index (χ0n) is 23.9. The van der Waals surface area contributed by atoms with Crippen LogP contribution in [0.15, 0.2) is 42.5 Å². The van der Waals surface area contributed by atoms with E-state index < -0.39 is 74.4 Å². The molecule has 1 unspecified atom stereocenters. The number of methoxy groups -OCH3 is 1. The minimum atomic E-state index is -1.78. The molecule has 0 saturated carbocycles. The van der Waals surface area contributed by atoms with Gasteiger partial charge in [0.2, 0.25) is 5.91 Å². The van der Waals surface area contributed by atoms with Crippen LogP contribution in [0.3, 0.4) is 0 Å². The van der Waals surface area contributed by atoms with Gasteiger partial charge in [0, 0.05) is 11.6 Å². The van der Waals surface area contributed by atoms with Crippen molar-refractivity contribution in [1.82, 2.24) is 0 Å². The summed E-state index contributed by atoms with van der Waals surface area (Å²) in [6, 6.07) is 11.3. The smallest absolute Gasteiger partial charge is 0.226 e. The van der Waals surface area contributed by atoms with E-state index in [1.807, 2.05) is 0 Å². The second-order valence-corrected chi connectivity index (χ2v) is 10.7. The minimum Gasteiger partial charge on any atom is -0.493 e. The number of nitrogens with one attached hydrogen (secondary N) is 1. The van der Waals surface area contributed by atoms with Crippen LogP contribution in [0.4, 0.5) is 5.69 Å². The number of carbonyl (C=O) groups excluding carboxylic acids is 1. The molecule has 2 aliphatic heterocycles. The van der Waals surface area contributed by atoms with E-state index in [1.165, 1.54) is 13.2 Å². The summed E-state index contributed by atoms with van der Waals surface area (Å²) in [6.45, 7) is 2.21. The van der Waals surface area contributed by atoms with E-state index in [0.29, 0.717) is 22.7 Å². The number of aliphatic hydroxyl groups excluding tert-OH is 7. The molecule has 2 saturated heterocycles. The molecular weight excluding hydrogens is 570 g/mol. The van der Waals surface area contributed by atoms with E-state index in [4.69, 9.17) is 23.7 Å². The van der Waals surface area contributed by atoms with Crippen LogP contribution in [-0.4, -0.2) is 117 Å². The Bertz CT molecular complexity index is 1210. The molecule has 14 nitrogen and oxygen atoms in total. The number of rotatable bonds is 10. The highest BCUT2D eigenvalue weighted by Gasteiger charge is 2.50. The molecule has 2 aliphatic rings. The van der Waals surface area contributed by atoms with Crippen LogP contribution in [0.2, 0.25) is 0 Å². The predicted octanol–water partition coefficient (Wildman–Crippen LogP) is -0.579. The molecule has 8 N–H and O–H groups in total. The fourth-order valence-corrected chi connectivity index (χ4v) is 4.83. The van der Waals surface area contributed by atoms with Crippen molar-refractivity contribution in [3.63, 3.8) is 0 Å². The molecule has 2 heterocycles. The Morgan fingerprint density at radius 3 is 2.09 bits per heavy atom. The molecule has 2 fully saturated rings. The predicted molar refractivity (Wildman–Crippen MR) is 148 cm³/mol. The summed E-state index contributed by atoms with van der Waals surface area (Å²) in [4.78, 5) is 12.0. The third-order valence-corrected chi connectivity index (χ3v) is 7.40. The molecule has 2 aromatic carbocycles. The van der Waals surface area contributed by atoms with Gasteiger partial charge in [-0.3, -0.25) is 4.79 Å². The minimum absolute atomic E-state index is 0.130. The normalized spacial score (nSPS) is 32.8. The number of ether oxygens (including phenoxy) is 5. The lowest BCUT2D eigenvalue weighted by Crippen LogP contribution is -2.63. The van der Waals surface area contributed by atoms with Gasteiger partial charge in [-0.1, -0.05) is 19.9 Å². The third-order valence-electron chi connectivity index (χ3n) is 7.40. The highest BCUT2D eigenvalue weighted by molar-refractivity contribution is 5.92. The Hall–Kier alpha value is -2.89. The van der Waals surface area contributed by atoms with Gasteiger partial charge in [0.15, 0.2) is 17.8 Å². The molecule has 4 rings (SSSR count). The number of amides is 1. The average molecular weight is 610 g/mol. The van der Waals surface area contributed by atoms with E-state index in [1.54, 1.807) is 50.2 Å². The van der Waals surface area contributed by atoms with Crippen LogP contribution < -0.4 is 14.8 Å². The summed E-state index contributed by atoms with van der Waals surface area (Å²) >= 11 is 0. The van der Waals surface area contributed by atoms with Crippen molar-refractivity contribution >= 4 is 11.6 Å². The maximum atomic E-state index is 12.0. The fraction of sp³-hybridized carbons (Fsp3) is 0.552. The summed E-state index contributed by atoms with van der Waals surface area (Å²) in [6.07, 6.45) is -15.2. The maximum Gasteiger partial charge on any atom is 0.226 e. The first-order chi connectivity index (χ1) is 20.5. The van der Waals surface area contributed by atoms with Crippen molar-refractivity contribution < 1.29 is 64.2 Å². The SMILES string of the molecule is COc1ccc(C2O[C@H](CO)[C@@H](O)[C@H](O[C@H]3O[C@H](CO)[C@@H](O)[C@H](O)[C@@H]3O)[C@@H]2O)cc1Oc1ccc(NC(=O)C(C)C)cc1. The molecule has 0 bridgehead atoms. The van der Waals surface area contributed by atoms with Crippen LogP contribution in [0, 0.1) is 5.92 Å². The molecule has 0 radical (unpaired) electrons. The highest BCUT2D eigenvalue weighted by Crippen LogP contribution is 2.40. The summed E-state index contributed by atoms with van der Waals surface area (Å²) < 4.78 is 28.3. The Kier molecular flexibility index (Phi) is 10.9. The molecule has 1 amide bonds. The van der Waals surface area contributed by atoms with Crippen LogP contribution in [0.1, 0.15) is 25.5 Å². The fourth-order valence-electron chi connectivity index (χ4n) is 4.83. The van der Waals surface area contributed by atoms with Gasteiger partial charge < -0.3 is 64.7 Å². The van der Waals surface area contributed by atoms with E-state index in [-0.39, 0.29) is 17.6 Å². The molecule has 0 aromatic heterocycles. The summed E-state index contributed by atoms with van der Waals surface area (Å²) in [5.74, 6) is 0.686. The van der Waals surface area contributed by atoms with Gasteiger partial charge in [-0.25, -0.2) is 0 Å². The molecule has 0 aliphatic carbocycles. The largest absolute Gasteiger partial charge is 0.493 e. The number of aliphatic hydroxyl groups is 7. The Morgan fingerprint density at radius 1 is 0.837 bits per heavy atom. The van der Waals surface area contributed by atoms with Crippen LogP contribution in [0.25, 0.3) is 0 Å². The summed E-state index contributed by atoms with van der Waals surface area (Å²) in [5.41, 5.74) is 0.946. The number of carbonyl (C=O) groups is 1. The van der Waals surface area contributed by atoms with E-state index in [2.05, 4.69) is 5.32 Å². The second-order valence-electron chi connectivity index (χ2n) is 10.7. The van der Waals surface area contributed by atoms with E-state index >= 15 is 0 Å². The monoisotopic (exact) mass is 609 g/mol. The van der Waals surface area contributed by atoms with Gasteiger partial charge in [-0.05, 0) is 42.0 Å². The molecular formula is C29H39NO13. The van der Waals surface area contributed by atoms with Gasteiger partial charge in [-0.2, -0.15) is 0 Å². The lowest BCUT2D eigenvalue weighted by molar-refractivity contribution is -0.342. The van der Waals surface area contributed by atoms with Gasteiger partial charge in [0.05, 0.1) is 20.3 Å². The number of benzene rings is 2. The molecule has 238 valence electrons. The summed E-state index contributed by atoms with van der Waals surface area (Å²) in [7, 11) is 1.45. The second kappa shape index (κ2) is 14.3. The number of hydrogen-bond donors (Lipinski definition) is 8. The van der Waals surface area contributed by atoms with Gasteiger partial charge in [0.25, 0.3) is 0 Å². The molecule has 0 spiro atoms. The van der Waals surface area contributed by atoms with Crippen LogP contribution in [-0.2, 0) is 19.0 Å². The van der Waals surface area contributed by atoms with Crippen molar-refractivity contribution in [3.8, 4) is 17.2 Å². The zero-order chi connectivity index (χ0) is 31.4. The first-order valence-corrected chi connectivity index (χ1v) is 13.8. The third kappa shape index (κ3) is 7.26. The van der Waals surface area contributed by atoms with Gasteiger partial charge >= 0.3 is 0 Å². The zero-order valence-corrected chi connectivity index (χ0v) is 23.9. The maximum absolute atomic E-state index is 12.0. The summed E-state index contributed by atoms with van der Waals surface area (Å²) in [5, 5.41) is 74.9. The van der Waals surface area contributed by atoms with Crippen LogP contribution >= 0.6 is 0 Å². The first kappa shape index (κ1) is 33.0. The first-order valence-electron chi connectivity index (χ1n) is 13.8. The lowest BCUT2D eigenvalue weighted by Gasteiger charge is -2.46. The Morgan fingerprint density at radius 2 is 1.49 bits per heavy atom. The molecule has 43 heavy (non-hydrogen) atoms. The molecule has 10 atom stereocenters. The number of anilines is 1. The van der Waals surface area contributed by atoms with Crippen molar-refractivity contribution in [3.05, 3.63) is 48.0 Å². The average Bonchev–Trinajstić information content (AvgIpc) is 3.00. The van der Waals surface area contributed by atoms with Crippen molar-refractivity contribution in [2.24, 2.45) is 5.92 Å². The van der Waals surface area contributed by atoms with E-state index in [9.17, 15) is 40.5 Å². The van der Waals surface area contributed by atoms with Gasteiger partial charge in [0.1, 0.15) is 60.7 Å². The number of hydrogen-bond acceptors (Lipinski definition) is 13. The van der Waals surface area contributed by atoms with Crippen molar-refractivity contribution in [2.45, 2.75) is 75.1 Å². The highest BCUT2D eigenvalue weighted by atomic mass is 16.7. The Labute approximate surface area is 248 Å². The molecule has 14 heteroatoms. The Balaban J connectivity index is 1.56. The quantitative estimate of drug-likeness (QED) is 0.169. The van der Waals surface area contributed by atoms with Crippen molar-refractivity contribution in [1.29, 1.82) is 0 Å². The van der Waals surface area contributed by atoms with Crippen molar-refractivity contribution in [2.75, 3.05) is 25.6 Å².